The highest BCUT2D eigenvalue weighted by Gasteiger charge is 2.63. The lowest BCUT2D eigenvalue weighted by Gasteiger charge is -2.15. The van der Waals surface area contributed by atoms with E-state index < -0.39 is 53.7 Å². The van der Waals surface area contributed by atoms with Crippen molar-refractivity contribution in [2.75, 3.05) is 24.2 Å². The Kier molecular flexibility index (Phi) is 7.58. The van der Waals surface area contributed by atoms with E-state index >= 15 is 0 Å². The zero-order valence-corrected chi connectivity index (χ0v) is 20.8. The molecule has 3 atom stereocenters. The maximum absolute atomic E-state index is 14.9. The number of halogens is 2. The SMILES string of the molecule is CN(CC(N)=O)C(=O)C1[C@@H](C(=O)Nc2ccc(-n3ccccc3=O)cc2F)[C@H]1C(=O)Nc1ccc(Cl)cc1. The Balaban J connectivity index is 1.54. The van der Waals surface area contributed by atoms with E-state index in [0.717, 1.165) is 11.0 Å². The van der Waals surface area contributed by atoms with Crippen LogP contribution < -0.4 is 21.9 Å². The van der Waals surface area contributed by atoms with Gasteiger partial charge in [0.2, 0.25) is 23.6 Å². The highest BCUT2D eigenvalue weighted by molar-refractivity contribution is 6.30. The van der Waals surface area contributed by atoms with Crippen LogP contribution in [0.5, 0.6) is 0 Å². The molecule has 38 heavy (non-hydrogen) atoms. The third kappa shape index (κ3) is 5.73. The number of primary amides is 1. The molecule has 4 N–H and O–H groups in total. The van der Waals surface area contributed by atoms with Crippen LogP contribution in [0.25, 0.3) is 5.69 Å². The zero-order chi connectivity index (χ0) is 27.6. The van der Waals surface area contributed by atoms with Crippen LogP contribution >= 0.6 is 11.6 Å². The molecule has 1 heterocycles. The molecule has 0 radical (unpaired) electrons. The maximum Gasteiger partial charge on any atom is 0.255 e. The highest BCUT2D eigenvalue weighted by Crippen LogP contribution is 2.49. The Morgan fingerprint density at radius 3 is 2.24 bits per heavy atom. The second-order valence-electron chi connectivity index (χ2n) is 8.80. The quantitative estimate of drug-likeness (QED) is 0.401. The number of nitrogens with zero attached hydrogens (tertiary/aromatic N) is 2. The van der Waals surface area contributed by atoms with Crippen LogP contribution in [0, 0.1) is 23.6 Å². The van der Waals surface area contributed by atoms with Crippen molar-refractivity contribution in [3.63, 3.8) is 0 Å². The van der Waals surface area contributed by atoms with Crippen LogP contribution in [0.4, 0.5) is 15.8 Å². The highest BCUT2D eigenvalue weighted by atomic mass is 35.5. The van der Waals surface area contributed by atoms with E-state index in [2.05, 4.69) is 10.6 Å². The molecule has 0 bridgehead atoms. The van der Waals surface area contributed by atoms with Crippen LogP contribution in [0.15, 0.2) is 71.7 Å². The Hall–Kier alpha value is -4.51. The van der Waals surface area contributed by atoms with Gasteiger partial charge in [-0.1, -0.05) is 17.7 Å². The molecule has 4 rings (SSSR count). The topological polar surface area (TPSA) is 144 Å². The molecular formula is C26H23ClFN5O5. The molecule has 1 unspecified atom stereocenters. The first-order chi connectivity index (χ1) is 18.1. The van der Waals surface area contributed by atoms with Gasteiger partial charge in [0.15, 0.2) is 0 Å². The Morgan fingerprint density at radius 1 is 0.974 bits per heavy atom. The summed E-state index contributed by atoms with van der Waals surface area (Å²) in [7, 11) is 1.33. The number of nitrogens with one attached hydrogen (secondary N) is 2. The van der Waals surface area contributed by atoms with Gasteiger partial charge in [-0.05, 0) is 42.5 Å². The molecule has 1 aliphatic carbocycles. The summed E-state index contributed by atoms with van der Waals surface area (Å²) in [6.07, 6.45) is 1.47. The van der Waals surface area contributed by atoms with Gasteiger partial charge in [-0.2, -0.15) is 0 Å². The third-order valence-electron chi connectivity index (χ3n) is 6.10. The minimum absolute atomic E-state index is 0.192. The smallest absolute Gasteiger partial charge is 0.255 e. The van der Waals surface area contributed by atoms with Crippen molar-refractivity contribution in [3.8, 4) is 5.69 Å². The normalized spacial score (nSPS) is 17.8. The molecular weight excluding hydrogens is 517 g/mol. The van der Waals surface area contributed by atoms with Crippen molar-refractivity contribution < 1.29 is 23.6 Å². The van der Waals surface area contributed by atoms with Crippen molar-refractivity contribution in [1.29, 1.82) is 0 Å². The number of carbonyl (C=O) groups is 4. The second-order valence-corrected chi connectivity index (χ2v) is 9.23. The number of hydrogen-bond donors (Lipinski definition) is 3. The molecule has 12 heteroatoms. The summed E-state index contributed by atoms with van der Waals surface area (Å²) >= 11 is 5.87. The first kappa shape index (κ1) is 26.6. The summed E-state index contributed by atoms with van der Waals surface area (Å²) in [5.41, 5.74) is 5.27. The molecule has 2 aromatic carbocycles. The van der Waals surface area contributed by atoms with E-state index in [1.165, 1.54) is 36.0 Å². The molecule has 1 aromatic heterocycles. The van der Waals surface area contributed by atoms with Gasteiger partial charge in [0.25, 0.3) is 5.56 Å². The number of rotatable bonds is 8. The Bertz CT molecular complexity index is 1480. The van der Waals surface area contributed by atoms with E-state index in [9.17, 15) is 28.4 Å². The van der Waals surface area contributed by atoms with Gasteiger partial charge in [-0.15, -0.1) is 0 Å². The number of pyridine rings is 1. The van der Waals surface area contributed by atoms with Gasteiger partial charge in [0, 0.05) is 36.1 Å². The average Bonchev–Trinajstić information content (AvgIpc) is 3.62. The van der Waals surface area contributed by atoms with Crippen molar-refractivity contribution in [2.45, 2.75) is 0 Å². The molecule has 196 valence electrons. The molecule has 4 amide bonds. The van der Waals surface area contributed by atoms with Crippen LogP contribution in [0.1, 0.15) is 0 Å². The third-order valence-corrected chi connectivity index (χ3v) is 6.35. The maximum atomic E-state index is 14.9. The zero-order valence-electron chi connectivity index (χ0n) is 20.1. The number of likely N-dealkylation sites (N-methyl/N-ethyl adjacent to an activating group) is 1. The molecule has 10 nitrogen and oxygen atoms in total. The first-order valence-corrected chi connectivity index (χ1v) is 11.8. The molecule has 0 aliphatic heterocycles. The van der Waals surface area contributed by atoms with Crippen LogP contribution in [0.3, 0.4) is 0 Å². The molecule has 1 aliphatic rings. The fourth-order valence-electron chi connectivity index (χ4n) is 4.21. The number of hydrogen-bond acceptors (Lipinski definition) is 5. The predicted molar refractivity (Wildman–Crippen MR) is 138 cm³/mol. The van der Waals surface area contributed by atoms with Gasteiger partial charge >= 0.3 is 0 Å². The van der Waals surface area contributed by atoms with Gasteiger partial charge in [-0.3, -0.25) is 28.5 Å². The number of benzene rings is 2. The summed E-state index contributed by atoms with van der Waals surface area (Å²) in [6.45, 7) is -0.399. The molecule has 3 aromatic rings. The lowest BCUT2D eigenvalue weighted by atomic mass is 10.2. The summed E-state index contributed by atoms with van der Waals surface area (Å²) in [5, 5.41) is 5.52. The summed E-state index contributed by atoms with van der Waals surface area (Å²) < 4.78 is 16.1. The lowest BCUT2D eigenvalue weighted by molar-refractivity contribution is -0.136. The monoisotopic (exact) mass is 539 g/mol. The minimum Gasteiger partial charge on any atom is -0.368 e. The van der Waals surface area contributed by atoms with E-state index in [1.54, 1.807) is 36.4 Å². The standard InChI is InChI=1S/C26H23ClFN5O5/c1-32(13-19(29)34)26(38)23-21(24(36)30-15-7-5-14(27)6-8-15)22(23)25(37)31-18-10-9-16(12-17(18)28)33-11-3-2-4-20(33)35/h2-12,21-23H,13H2,1H3,(H2,29,34)(H,30,36)(H,31,37)/t21-,22+,23?/m1/s1. The van der Waals surface area contributed by atoms with E-state index in [0.29, 0.717) is 10.7 Å². The second kappa shape index (κ2) is 10.9. The fraction of sp³-hybridized carbons (Fsp3) is 0.192. The van der Waals surface area contributed by atoms with E-state index in [4.69, 9.17) is 17.3 Å². The van der Waals surface area contributed by atoms with Crippen LogP contribution in [-0.4, -0.2) is 46.7 Å². The minimum atomic E-state index is -1.12. The summed E-state index contributed by atoms with van der Waals surface area (Å²) in [4.78, 5) is 63.4. The number of anilines is 2. The summed E-state index contributed by atoms with van der Waals surface area (Å²) in [5.74, 6) is -6.84. The fourth-order valence-corrected chi connectivity index (χ4v) is 4.33. The van der Waals surface area contributed by atoms with Crippen molar-refractivity contribution in [3.05, 3.63) is 88.1 Å². The first-order valence-electron chi connectivity index (χ1n) is 11.4. The number of carbonyl (C=O) groups excluding carboxylic acids is 4. The average molecular weight is 540 g/mol. The number of aromatic nitrogens is 1. The Labute approximate surface area is 221 Å². The molecule has 0 saturated heterocycles. The van der Waals surface area contributed by atoms with E-state index in [1.807, 2.05) is 0 Å². The van der Waals surface area contributed by atoms with Crippen molar-refractivity contribution in [1.82, 2.24) is 9.47 Å². The number of nitrogens with two attached hydrogens (primary N) is 1. The van der Waals surface area contributed by atoms with Gasteiger partial charge in [-0.25, -0.2) is 4.39 Å². The number of amides is 4. The van der Waals surface area contributed by atoms with Crippen molar-refractivity contribution >= 4 is 46.6 Å². The molecule has 1 fully saturated rings. The molecule has 1 saturated carbocycles. The Morgan fingerprint density at radius 2 is 1.63 bits per heavy atom. The van der Waals surface area contributed by atoms with Crippen molar-refractivity contribution in [2.24, 2.45) is 23.5 Å². The van der Waals surface area contributed by atoms with E-state index in [-0.39, 0.29) is 16.9 Å². The van der Waals surface area contributed by atoms with Gasteiger partial charge < -0.3 is 21.3 Å². The van der Waals surface area contributed by atoms with Crippen LogP contribution in [0.2, 0.25) is 5.02 Å². The lowest BCUT2D eigenvalue weighted by Crippen LogP contribution is -2.37. The summed E-state index contributed by atoms with van der Waals surface area (Å²) in [6, 6.07) is 14.5. The largest absolute Gasteiger partial charge is 0.368 e. The van der Waals surface area contributed by atoms with Crippen LogP contribution in [-0.2, 0) is 19.2 Å². The van der Waals surface area contributed by atoms with Gasteiger partial charge in [0.05, 0.1) is 35.7 Å². The molecule has 0 spiro atoms. The predicted octanol–water partition coefficient (Wildman–Crippen LogP) is 2.01. The van der Waals surface area contributed by atoms with Gasteiger partial charge in [0.1, 0.15) is 5.82 Å².